The highest BCUT2D eigenvalue weighted by molar-refractivity contribution is 7.16. The number of aromatic nitrogens is 5. The van der Waals surface area contributed by atoms with Gasteiger partial charge in [0.1, 0.15) is 16.2 Å². The predicted octanol–water partition coefficient (Wildman–Crippen LogP) is 5.20. The number of rotatable bonds is 7. The van der Waals surface area contributed by atoms with Crippen molar-refractivity contribution in [2.24, 2.45) is 0 Å². The molecule has 0 fully saturated rings. The van der Waals surface area contributed by atoms with E-state index < -0.39 is 34.8 Å². The number of fused-ring (bicyclic) bond motifs is 2. The smallest absolute Gasteiger partial charge is 0.381 e. The topological polar surface area (TPSA) is 106 Å². The Hall–Kier alpha value is -4.13. The monoisotopic (exact) mass is 544 g/mol. The molecule has 0 spiro atoms. The van der Waals surface area contributed by atoms with Crippen LogP contribution in [0.5, 0.6) is 0 Å². The number of aromatic amines is 1. The third-order valence-corrected chi connectivity index (χ3v) is 6.91. The first-order valence-electron chi connectivity index (χ1n) is 11.6. The summed E-state index contributed by atoms with van der Waals surface area (Å²) in [5, 5.41) is 11.4. The van der Waals surface area contributed by atoms with E-state index in [4.69, 9.17) is 0 Å². The quantitative estimate of drug-likeness (QED) is 0.273. The average molecular weight is 545 g/mol. The van der Waals surface area contributed by atoms with Crippen LogP contribution in [0.15, 0.2) is 57.8 Å². The molecule has 0 aliphatic rings. The lowest BCUT2D eigenvalue weighted by molar-refractivity contribution is -0.138. The third kappa shape index (κ3) is 5.01. The van der Waals surface area contributed by atoms with Crippen LogP contribution < -0.4 is 16.4 Å². The van der Waals surface area contributed by atoms with Gasteiger partial charge >= 0.3 is 6.18 Å². The largest absolute Gasteiger partial charge is 0.423 e. The summed E-state index contributed by atoms with van der Waals surface area (Å²) in [7, 11) is 0. The summed E-state index contributed by atoms with van der Waals surface area (Å²) in [6.07, 6.45) is 0.130. The number of hydrogen-bond donors (Lipinski definition) is 2. The summed E-state index contributed by atoms with van der Waals surface area (Å²) in [6, 6.07) is 5.85. The van der Waals surface area contributed by atoms with Gasteiger partial charge in [-0.2, -0.15) is 18.3 Å². The molecule has 38 heavy (non-hydrogen) atoms. The lowest BCUT2D eigenvalue weighted by Crippen LogP contribution is -2.27. The van der Waals surface area contributed by atoms with E-state index in [1.165, 1.54) is 22.0 Å². The summed E-state index contributed by atoms with van der Waals surface area (Å²) in [5.74, 6) is -0.387. The fourth-order valence-corrected chi connectivity index (χ4v) is 4.97. The zero-order chi connectivity index (χ0) is 27.0. The van der Waals surface area contributed by atoms with Gasteiger partial charge in [-0.1, -0.05) is 0 Å². The highest BCUT2D eigenvalue weighted by atomic mass is 32.1. The van der Waals surface area contributed by atoms with Gasteiger partial charge in [-0.15, -0.1) is 11.3 Å². The number of halogens is 4. The van der Waals surface area contributed by atoms with E-state index in [9.17, 15) is 22.8 Å². The minimum Gasteiger partial charge on any atom is -0.381 e. The van der Waals surface area contributed by atoms with Crippen molar-refractivity contribution in [1.82, 2.24) is 24.7 Å². The van der Waals surface area contributed by atoms with Crippen LogP contribution in [0.1, 0.15) is 25.3 Å². The average Bonchev–Trinajstić information content (AvgIpc) is 3.33. The molecule has 0 amide bonds. The zero-order valence-electron chi connectivity index (χ0n) is 19.8. The van der Waals surface area contributed by atoms with Gasteiger partial charge in [0.2, 0.25) is 0 Å². The van der Waals surface area contributed by atoms with Gasteiger partial charge < -0.3 is 9.88 Å². The van der Waals surface area contributed by atoms with Gasteiger partial charge in [0.15, 0.2) is 5.82 Å². The molecule has 1 aromatic carbocycles. The van der Waals surface area contributed by atoms with Gasteiger partial charge in [-0.25, -0.2) is 19.5 Å². The molecule has 0 saturated heterocycles. The Balaban J connectivity index is 1.30. The van der Waals surface area contributed by atoms with Gasteiger partial charge in [0, 0.05) is 30.4 Å². The highest BCUT2D eigenvalue weighted by Crippen LogP contribution is 2.32. The second-order valence-corrected chi connectivity index (χ2v) is 9.68. The molecule has 0 aliphatic carbocycles. The van der Waals surface area contributed by atoms with E-state index in [0.29, 0.717) is 18.2 Å². The molecule has 13 heteroatoms. The summed E-state index contributed by atoms with van der Waals surface area (Å²) in [4.78, 5) is 34.0. The van der Waals surface area contributed by atoms with Gasteiger partial charge in [-0.3, -0.25) is 9.59 Å². The number of anilines is 1. The lowest BCUT2D eigenvalue weighted by atomic mass is 10.1. The van der Waals surface area contributed by atoms with Crippen LogP contribution in [0.2, 0.25) is 0 Å². The molecule has 1 atom stereocenters. The molecule has 0 unspecified atom stereocenters. The Kier molecular flexibility index (Phi) is 6.69. The predicted molar refractivity (Wildman–Crippen MR) is 137 cm³/mol. The first-order valence-corrected chi connectivity index (χ1v) is 12.4. The first kappa shape index (κ1) is 25.5. The number of nitrogens with zero attached hydrogens (tertiary/aromatic N) is 4. The summed E-state index contributed by atoms with van der Waals surface area (Å²) in [5.41, 5.74) is -3.28. The molecule has 5 aromatic rings. The van der Waals surface area contributed by atoms with E-state index in [1.54, 1.807) is 36.5 Å². The molecule has 0 radical (unpaired) electrons. The molecule has 8 nitrogen and oxygen atoms in total. The molecular weight excluding hydrogens is 524 g/mol. The number of alkyl halides is 3. The summed E-state index contributed by atoms with van der Waals surface area (Å²) in [6.45, 7) is 1.93. The number of H-pyrrole nitrogens is 1. The summed E-state index contributed by atoms with van der Waals surface area (Å²) < 4.78 is 56.2. The SMILES string of the molecule is C[C@@H](CCCn1ccc2cc(-c3ncc4ccsc4n3)c(F)cc2c1=O)Nc1cn[nH]c(=O)c1C(F)(F)F. The Morgan fingerprint density at radius 2 is 1.97 bits per heavy atom. The standard InChI is InChI=1S/C25H20F4N6O2S/c1-13(32-19-12-31-34-22(36)20(19)25(27,28)29)3-2-6-35-7-4-14-9-17(18(26)10-16(14)24(35)37)21-30-11-15-5-8-38-23(15)33-21/h4-5,7-13H,2-3,6H2,1H3,(H2,32,34,36)/t13-/m0/s1. The molecular formula is C25H20F4N6O2S. The maximum absolute atomic E-state index is 15.0. The van der Waals surface area contributed by atoms with E-state index in [-0.39, 0.29) is 28.9 Å². The first-order chi connectivity index (χ1) is 18.1. The lowest BCUT2D eigenvalue weighted by Gasteiger charge is -2.18. The van der Waals surface area contributed by atoms with E-state index in [0.717, 1.165) is 16.4 Å². The van der Waals surface area contributed by atoms with Gasteiger partial charge in [-0.05, 0) is 54.8 Å². The van der Waals surface area contributed by atoms with Crippen LogP contribution in [0.3, 0.4) is 0 Å². The second-order valence-electron chi connectivity index (χ2n) is 8.78. The second kappa shape index (κ2) is 9.97. The van der Waals surface area contributed by atoms with Crippen molar-refractivity contribution >= 4 is 38.0 Å². The molecule has 196 valence electrons. The number of aryl methyl sites for hydroxylation is 1. The van der Waals surface area contributed by atoms with Crippen LogP contribution in [0.4, 0.5) is 23.2 Å². The number of benzene rings is 1. The van der Waals surface area contributed by atoms with Crippen molar-refractivity contribution in [3.8, 4) is 11.4 Å². The molecule has 0 aliphatic heterocycles. The van der Waals surface area contributed by atoms with Crippen molar-refractivity contribution in [3.63, 3.8) is 0 Å². The summed E-state index contributed by atoms with van der Waals surface area (Å²) >= 11 is 1.42. The number of nitrogens with one attached hydrogen (secondary N) is 2. The molecule has 4 heterocycles. The van der Waals surface area contributed by atoms with Crippen LogP contribution in [-0.2, 0) is 12.7 Å². The van der Waals surface area contributed by atoms with Crippen molar-refractivity contribution in [2.75, 3.05) is 5.32 Å². The van der Waals surface area contributed by atoms with Gasteiger partial charge in [0.05, 0.1) is 22.8 Å². The van der Waals surface area contributed by atoms with Gasteiger partial charge in [0.25, 0.3) is 11.1 Å². The van der Waals surface area contributed by atoms with Crippen LogP contribution in [0.25, 0.3) is 32.4 Å². The normalized spacial score (nSPS) is 12.8. The molecule has 5 rings (SSSR count). The van der Waals surface area contributed by atoms with E-state index in [1.807, 2.05) is 11.4 Å². The van der Waals surface area contributed by atoms with Crippen molar-refractivity contribution in [1.29, 1.82) is 0 Å². The van der Waals surface area contributed by atoms with Crippen LogP contribution >= 0.6 is 11.3 Å². The minimum atomic E-state index is -4.84. The Morgan fingerprint density at radius 3 is 2.76 bits per heavy atom. The van der Waals surface area contributed by atoms with Crippen molar-refractivity contribution in [3.05, 3.63) is 80.3 Å². The van der Waals surface area contributed by atoms with Crippen molar-refractivity contribution < 1.29 is 17.6 Å². The molecule has 4 aromatic heterocycles. The highest BCUT2D eigenvalue weighted by Gasteiger charge is 2.37. The van der Waals surface area contributed by atoms with Crippen LogP contribution in [0, 0.1) is 5.82 Å². The van der Waals surface area contributed by atoms with Crippen molar-refractivity contribution in [2.45, 2.75) is 38.5 Å². The molecule has 0 saturated carbocycles. The fraction of sp³-hybridized carbons (Fsp3) is 0.240. The Bertz CT molecular complexity index is 1760. The van der Waals surface area contributed by atoms with E-state index >= 15 is 4.39 Å². The van der Waals surface area contributed by atoms with Crippen LogP contribution in [-0.4, -0.2) is 30.8 Å². The minimum absolute atomic E-state index is 0.192. The zero-order valence-corrected chi connectivity index (χ0v) is 20.7. The Morgan fingerprint density at radius 1 is 1.16 bits per heavy atom. The molecule has 0 bridgehead atoms. The maximum atomic E-state index is 15.0. The van der Waals surface area contributed by atoms with E-state index in [2.05, 4.69) is 20.4 Å². The third-order valence-electron chi connectivity index (χ3n) is 6.09. The number of thiophene rings is 1. The Labute approximate surface area is 216 Å². The number of pyridine rings is 1. The molecule has 2 N–H and O–H groups in total. The maximum Gasteiger partial charge on any atom is 0.423 e. The number of hydrogen-bond acceptors (Lipinski definition) is 7. The fourth-order valence-electron chi connectivity index (χ4n) is 4.23.